The zero-order valence-electron chi connectivity index (χ0n) is 24.5. The van der Waals surface area contributed by atoms with E-state index in [2.05, 4.69) is 65.6 Å². The summed E-state index contributed by atoms with van der Waals surface area (Å²) in [7, 11) is 0. The SMILES string of the molecule is c1ccc(COCC2CCN(c3ccc(-c4ccc(OCc5ccccc5)nc4OCc4ccccc4)cc3)CC2)cc1. The number of nitrogens with zero attached hydrogens (tertiary/aromatic N) is 2. The maximum atomic E-state index is 6.28. The molecule has 2 heterocycles. The number of pyridine rings is 1. The molecule has 5 heteroatoms. The van der Waals surface area contributed by atoms with Gasteiger partial charge in [0.05, 0.1) is 6.61 Å². The van der Waals surface area contributed by atoms with Gasteiger partial charge in [0.2, 0.25) is 11.8 Å². The highest BCUT2D eigenvalue weighted by Crippen LogP contribution is 2.33. The van der Waals surface area contributed by atoms with Crippen LogP contribution in [0.15, 0.2) is 127 Å². The molecule has 1 aliphatic rings. The van der Waals surface area contributed by atoms with E-state index in [1.807, 2.05) is 66.7 Å². The van der Waals surface area contributed by atoms with E-state index >= 15 is 0 Å². The quantitative estimate of drug-likeness (QED) is 0.151. The fraction of sp³-hybridized carbons (Fsp3) is 0.237. The number of benzene rings is 4. The smallest absolute Gasteiger partial charge is 0.225 e. The second-order valence-electron chi connectivity index (χ2n) is 11.0. The van der Waals surface area contributed by atoms with Crippen molar-refractivity contribution in [2.45, 2.75) is 32.7 Å². The molecule has 0 bridgehead atoms. The Labute approximate surface area is 254 Å². The molecule has 0 atom stereocenters. The molecule has 0 unspecified atom stereocenters. The summed E-state index contributed by atoms with van der Waals surface area (Å²) in [5.41, 5.74) is 6.68. The molecule has 218 valence electrons. The highest BCUT2D eigenvalue weighted by Gasteiger charge is 2.20. The van der Waals surface area contributed by atoms with Crippen LogP contribution in [0.3, 0.4) is 0 Å². The second kappa shape index (κ2) is 14.5. The Bertz CT molecular complexity index is 1540. The molecule has 0 amide bonds. The lowest BCUT2D eigenvalue weighted by molar-refractivity contribution is 0.0786. The van der Waals surface area contributed by atoms with E-state index in [4.69, 9.17) is 19.2 Å². The normalized spacial score (nSPS) is 13.5. The van der Waals surface area contributed by atoms with Gasteiger partial charge < -0.3 is 19.1 Å². The van der Waals surface area contributed by atoms with Crippen LogP contribution in [0.2, 0.25) is 0 Å². The summed E-state index contributed by atoms with van der Waals surface area (Å²) in [5.74, 6) is 1.72. The molecule has 1 aliphatic heterocycles. The second-order valence-corrected chi connectivity index (χ2v) is 11.0. The highest BCUT2D eigenvalue weighted by atomic mass is 16.5. The van der Waals surface area contributed by atoms with Crippen molar-refractivity contribution < 1.29 is 14.2 Å². The first-order valence-corrected chi connectivity index (χ1v) is 15.1. The van der Waals surface area contributed by atoms with E-state index in [9.17, 15) is 0 Å². The zero-order chi connectivity index (χ0) is 29.1. The summed E-state index contributed by atoms with van der Waals surface area (Å²) in [6.45, 7) is 4.49. The third kappa shape index (κ3) is 8.02. The Kier molecular flexibility index (Phi) is 9.63. The van der Waals surface area contributed by atoms with Crippen molar-refractivity contribution in [3.05, 3.63) is 144 Å². The summed E-state index contributed by atoms with van der Waals surface area (Å²) in [5, 5.41) is 0. The van der Waals surface area contributed by atoms with Crippen molar-refractivity contribution in [1.29, 1.82) is 0 Å². The van der Waals surface area contributed by atoms with Gasteiger partial charge in [-0.1, -0.05) is 103 Å². The molecule has 6 rings (SSSR count). The van der Waals surface area contributed by atoms with Crippen molar-refractivity contribution in [2.75, 3.05) is 24.6 Å². The molecule has 1 aromatic heterocycles. The third-order valence-corrected chi connectivity index (χ3v) is 7.91. The van der Waals surface area contributed by atoms with Gasteiger partial charge in [0.25, 0.3) is 0 Å². The molecule has 0 radical (unpaired) electrons. The van der Waals surface area contributed by atoms with Gasteiger partial charge in [-0.15, -0.1) is 0 Å². The molecular weight excluding hydrogens is 532 g/mol. The van der Waals surface area contributed by atoms with E-state index in [0.29, 0.717) is 37.5 Å². The lowest BCUT2D eigenvalue weighted by atomic mass is 9.97. The maximum absolute atomic E-state index is 6.28. The minimum Gasteiger partial charge on any atom is -0.473 e. The van der Waals surface area contributed by atoms with Crippen LogP contribution >= 0.6 is 0 Å². The highest BCUT2D eigenvalue weighted by molar-refractivity contribution is 5.71. The van der Waals surface area contributed by atoms with E-state index in [1.165, 1.54) is 11.3 Å². The predicted octanol–water partition coefficient (Wildman–Crippen LogP) is 8.34. The Morgan fingerprint density at radius 2 is 1.14 bits per heavy atom. The third-order valence-electron chi connectivity index (χ3n) is 7.91. The van der Waals surface area contributed by atoms with Crippen LogP contribution in [0.1, 0.15) is 29.5 Å². The summed E-state index contributed by atoms with van der Waals surface area (Å²) >= 11 is 0. The van der Waals surface area contributed by atoms with Crippen molar-refractivity contribution in [1.82, 2.24) is 4.98 Å². The number of hydrogen-bond acceptors (Lipinski definition) is 5. The van der Waals surface area contributed by atoms with Crippen molar-refractivity contribution >= 4 is 5.69 Å². The predicted molar refractivity (Wildman–Crippen MR) is 172 cm³/mol. The first-order chi connectivity index (χ1) is 21.3. The zero-order valence-corrected chi connectivity index (χ0v) is 24.5. The molecule has 1 saturated heterocycles. The van der Waals surface area contributed by atoms with Gasteiger partial charge in [0.1, 0.15) is 13.2 Å². The number of rotatable bonds is 12. The lowest BCUT2D eigenvalue weighted by Gasteiger charge is -2.33. The summed E-state index contributed by atoms with van der Waals surface area (Å²) in [6, 6.07) is 43.4. The van der Waals surface area contributed by atoms with Gasteiger partial charge in [0.15, 0.2) is 0 Å². The Hall–Kier alpha value is -4.61. The molecule has 0 saturated carbocycles. The minimum absolute atomic E-state index is 0.436. The van der Waals surface area contributed by atoms with Gasteiger partial charge in [-0.3, -0.25) is 0 Å². The van der Waals surface area contributed by atoms with Crippen LogP contribution in [-0.2, 0) is 24.6 Å². The molecule has 0 spiro atoms. The molecular formula is C38H38N2O3. The topological polar surface area (TPSA) is 43.8 Å². The van der Waals surface area contributed by atoms with Gasteiger partial charge >= 0.3 is 0 Å². The maximum Gasteiger partial charge on any atom is 0.225 e. The number of hydrogen-bond donors (Lipinski definition) is 0. The fourth-order valence-corrected chi connectivity index (χ4v) is 5.42. The Morgan fingerprint density at radius 3 is 1.74 bits per heavy atom. The van der Waals surface area contributed by atoms with Gasteiger partial charge in [0, 0.05) is 37.0 Å². The van der Waals surface area contributed by atoms with E-state index < -0.39 is 0 Å². The molecule has 5 aromatic rings. The molecule has 0 aliphatic carbocycles. The van der Waals surface area contributed by atoms with Crippen LogP contribution in [0.5, 0.6) is 11.8 Å². The van der Waals surface area contributed by atoms with Crippen molar-refractivity contribution in [3.8, 4) is 22.9 Å². The molecule has 5 nitrogen and oxygen atoms in total. The van der Waals surface area contributed by atoms with Crippen LogP contribution < -0.4 is 14.4 Å². The number of piperidine rings is 1. The average molecular weight is 571 g/mol. The van der Waals surface area contributed by atoms with E-state index in [0.717, 1.165) is 54.8 Å². The largest absolute Gasteiger partial charge is 0.473 e. The average Bonchev–Trinajstić information content (AvgIpc) is 3.08. The first kappa shape index (κ1) is 28.5. The van der Waals surface area contributed by atoms with Gasteiger partial charge in [-0.25, -0.2) is 0 Å². The standard InChI is InChI=1S/C38H38N2O3/c1-4-10-30(11-5-1)26-41-27-33-22-24-40(25-23-33)35-18-16-34(17-19-35)36-20-21-37(42-28-31-12-6-2-7-13-31)39-38(36)43-29-32-14-8-3-9-15-32/h1-21,33H,22-29H2. The van der Waals surface area contributed by atoms with Crippen LogP contribution in [0.4, 0.5) is 5.69 Å². The molecule has 4 aromatic carbocycles. The number of ether oxygens (including phenoxy) is 3. The Morgan fingerprint density at radius 1 is 0.581 bits per heavy atom. The van der Waals surface area contributed by atoms with Crippen LogP contribution in [0, 0.1) is 5.92 Å². The lowest BCUT2D eigenvalue weighted by Crippen LogP contribution is -2.35. The van der Waals surface area contributed by atoms with Crippen LogP contribution in [0.25, 0.3) is 11.1 Å². The van der Waals surface area contributed by atoms with E-state index in [-0.39, 0.29) is 0 Å². The van der Waals surface area contributed by atoms with Crippen molar-refractivity contribution in [3.63, 3.8) is 0 Å². The molecule has 1 fully saturated rings. The first-order valence-electron chi connectivity index (χ1n) is 15.1. The summed E-state index contributed by atoms with van der Waals surface area (Å²) in [4.78, 5) is 7.25. The van der Waals surface area contributed by atoms with E-state index in [1.54, 1.807) is 0 Å². The van der Waals surface area contributed by atoms with Crippen LogP contribution in [-0.4, -0.2) is 24.7 Å². The molecule has 0 N–H and O–H groups in total. The van der Waals surface area contributed by atoms with Gasteiger partial charge in [-0.2, -0.15) is 4.98 Å². The number of anilines is 1. The van der Waals surface area contributed by atoms with Gasteiger partial charge in [-0.05, 0) is 59.2 Å². The molecule has 43 heavy (non-hydrogen) atoms. The number of aromatic nitrogens is 1. The summed E-state index contributed by atoms with van der Waals surface area (Å²) < 4.78 is 18.3. The fourth-order valence-electron chi connectivity index (χ4n) is 5.42. The monoisotopic (exact) mass is 570 g/mol. The summed E-state index contributed by atoms with van der Waals surface area (Å²) in [6.07, 6.45) is 2.28. The minimum atomic E-state index is 0.436. The Balaban J connectivity index is 1.09. The van der Waals surface area contributed by atoms with Crippen molar-refractivity contribution in [2.24, 2.45) is 5.92 Å².